The van der Waals surface area contributed by atoms with Crippen LogP contribution in [0.25, 0.3) is 0 Å². The second-order valence-electron chi connectivity index (χ2n) is 9.00. The number of hydrogen-bond donors (Lipinski definition) is 0. The molecule has 3 saturated heterocycles. The lowest BCUT2D eigenvalue weighted by Gasteiger charge is -2.48. The molecule has 3 aliphatic heterocycles. The van der Waals surface area contributed by atoms with E-state index in [0.717, 1.165) is 25.7 Å². The zero-order valence-corrected chi connectivity index (χ0v) is 20.2. The molecule has 0 amide bonds. The van der Waals surface area contributed by atoms with E-state index in [2.05, 4.69) is 0 Å². The Morgan fingerprint density at radius 2 is 1.79 bits per heavy atom. The molecule has 4 fully saturated rings. The minimum Gasteiger partial charge on any atom is -0.382 e. The highest BCUT2D eigenvalue weighted by molar-refractivity contribution is 5.04. The highest BCUT2D eigenvalue weighted by Crippen LogP contribution is 2.52. The van der Waals surface area contributed by atoms with Gasteiger partial charge in [-0.15, -0.1) is 0 Å². The van der Waals surface area contributed by atoms with Crippen molar-refractivity contribution in [2.75, 3.05) is 73.7 Å². The standard InChI is InChI=1S/C23H40O10/c1-4-28-21(25-3)17-32-23(33-20-9-11-26-15-20,31-16-19-6-5-10-27-19)22(21,29-13-12-24-2)30-14-18-7-8-18/h18-20H,4-17H2,1-3H3. The summed E-state index contributed by atoms with van der Waals surface area (Å²) in [5, 5.41) is 0. The van der Waals surface area contributed by atoms with Gasteiger partial charge in [-0.25, -0.2) is 0 Å². The largest absolute Gasteiger partial charge is 0.382 e. The van der Waals surface area contributed by atoms with Crippen LogP contribution in [0.15, 0.2) is 0 Å². The van der Waals surface area contributed by atoms with Gasteiger partial charge in [0.25, 0.3) is 5.79 Å². The first-order valence-corrected chi connectivity index (χ1v) is 12.2. The predicted molar refractivity (Wildman–Crippen MR) is 115 cm³/mol. The van der Waals surface area contributed by atoms with E-state index in [1.807, 2.05) is 6.92 Å². The Morgan fingerprint density at radius 1 is 0.909 bits per heavy atom. The zero-order chi connectivity index (χ0) is 23.2. The molecule has 0 spiro atoms. The van der Waals surface area contributed by atoms with Crippen LogP contribution < -0.4 is 0 Å². The van der Waals surface area contributed by atoms with Gasteiger partial charge in [0.2, 0.25) is 0 Å². The maximum absolute atomic E-state index is 6.58. The molecule has 5 atom stereocenters. The van der Waals surface area contributed by atoms with E-state index >= 15 is 0 Å². The maximum atomic E-state index is 6.58. The third kappa shape index (κ3) is 5.40. The lowest BCUT2D eigenvalue weighted by molar-refractivity contribution is -0.508. The van der Waals surface area contributed by atoms with Crippen LogP contribution in [0.5, 0.6) is 0 Å². The van der Waals surface area contributed by atoms with Crippen molar-refractivity contribution in [1.29, 1.82) is 0 Å². The van der Waals surface area contributed by atoms with Gasteiger partial charge in [0.1, 0.15) is 6.61 Å². The van der Waals surface area contributed by atoms with E-state index in [0.29, 0.717) is 52.0 Å². The van der Waals surface area contributed by atoms with Gasteiger partial charge in [-0.2, -0.15) is 0 Å². The minimum atomic E-state index is -1.73. The molecule has 0 aromatic carbocycles. The van der Waals surface area contributed by atoms with Crippen LogP contribution in [0.1, 0.15) is 39.0 Å². The van der Waals surface area contributed by atoms with E-state index < -0.39 is 17.5 Å². The number of ether oxygens (including phenoxy) is 10. The topological polar surface area (TPSA) is 92.3 Å². The molecule has 10 heteroatoms. The number of rotatable bonds is 15. The Bertz CT molecular complexity index is 592. The molecule has 4 rings (SSSR count). The van der Waals surface area contributed by atoms with Gasteiger partial charge in [-0.05, 0) is 44.9 Å². The van der Waals surface area contributed by atoms with Crippen LogP contribution in [-0.2, 0) is 47.4 Å². The molecule has 0 radical (unpaired) electrons. The van der Waals surface area contributed by atoms with E-state index in [1.165, 1.54) is 0 Å². The second-order valence-corrected chi connectivity index (χ2v) is 9.00. The van der Waals surface area contributed by atoms with Crippen molar-refractivity contribution in [3.8, 4) is 0 Å². The van der Waals surface area contributed by atoms with Crippen LogP contribution >= 0.6 is 0 Å². The van der Waals surface area contributed by atoms with E-state index in [-0.39, 0.29) is 32.0 Å². The van der Waals surface area contributed by atoms with Gasteiger partial charge in [-0.1, -0.05) is 0 Å². The van der Waals surface area contributed by atoms with E-state index in [4.69, 9.17) is 47.4 Å². The fourth-order valence-corrected chi connectivity index (χ4v) is 4.55. The fraction of sp³-hybridized carbons (Fsp3) is 1.00. The lowest BCUT2D eigenvalue weighted by Crippen LogP contribution is -2.70. The lowest BCUT2D eigenvalue weighted by atomic mass is 10.0. The molecule has 1 saturated carbocycles. The molecule has 192 valence electrons. The van der Waals surface area contributed by atoms with Crippen molar-refractivity contribution in [3.05, 3.63) is 0 Å². The van der Waals surface area contributed by atoms with Gasteiger partial charge >= 0.3 is 11.8 Å². The van der Waals surface area contributed by atoms with Gasteiger partial charge in [0.05, 0.1) is 45.2 Å². The Balaban J connectivity index is 1.70. The van der Waals surface area contributed by atoms with Crippen molar-refractivity contribution in [3.63, 3.8) is 0 Å². The average molecular weight is 477 g/mol. The van der Waals surface area contributed by atoms with Crippen LogP contribution in [0.2, 0.25) is 0 Å². The summed E-state index contributed by atoms with van der Waals surface area (Å²) < 4.78 is 61.1. The molecular weight excluding hydrogens is 436 g/mol. The van der Waals surface area contributed by atoms with Gasteiger partial charge in [0.15, 0.2) is 0 Å². The third-order valence-corrected chi connectivity index (χ3v) is 6.57. The first-order chi connectivity index (χ1) is 16.1. The quantitative estimate of drug-likeness (QED) is 0.257. The molecule has 1 aliphatic carbocycles. The summed E-state index contributed by atoms with van der Waals surface area (Å²) in [6.45, 7) is 5.27. The molecule has 0 aromatic heterocycles. The van der Waals surface area contributed by atoms with Crippen LogP contribution in [0, 0.1) is 5.92 Å². The second kappa shape index (κ2) is 11.6. The highest BCUT2D eigenvalue weighted by atomic mass is 17.0. The van der Waals surface area contributed by atoms with Crippen LogP contribution in [-0.4, -0.2) is 103 Å². The summed E-state index contributed by atoms with van der Waals surface area (Å²) in [4.78, 5) is 0. The van der Waals surface area contributed by atoms with Crippen LogP contribution in [0.4, 0.5) is 0 Å². The Kier molecular flexibility index (Phi) is 9.00. The summed E-state index contributed by atoms with van der Waals surface area (Å²) in [6, 6.07) is 0. The third-order valence-electron chi connectivity index (χ3n) is 6.57. The minimum absolute atomic E-state index is 0.00803. The molecule has 5 unspecified atom stereocenters. The first kappa shape index (κ1) is 25.7. The first-order valence-electron chi connectivity index (χ1n) is 12.2. The molecule has 4 aliphatic rings. The molecule has 0 bridgehead atoms. The van der Waals surface area contributed by atoms with Crippen molar-refractivity contribution in [2.24, 2.45) is 5.92 Å². The van der Waals surface area contributed by atoms with Crippen molar-refractivity contribution in [2.45, 2.75) is 68.8 Å². The predicted octanol–water partition coefficient (Wildman–Crippen LogP) is 1.84. The Hall–Kier alpha value is -0.400. The van der Waals surface area contributed by atoms with Gasteiger partial charge in [-0.3, -0.25) is 0 Å². The molecule has 10 nitrogen and oxygen atoms in total. The van der Waals surface area contributed by atoms with Crippen molar-refractivity contribution < 1.29 is 47.4 Å². The summed E-state index contributed by atoms with van der Waals surface area (Å²) in [5.41, 5.74) is 0. The highest BCUT2D eigenvalue weighted by Gasteiger charge is 2.78. The number of hydrogen-bond acceptors (Lipinski definition) is 10. The van der Waals surface area contributed by atoms with Gasteiger partial charge < -0.3 is 47.4 Å². The maximum Gasteiger partial charge on any atom is 0.347 e. The van der Waals surface area contributed by atoms with Gasteiger partial charge in [0, 0.05) is 34.0 Å². The summed E-state index contributed by atoms with van der Waals surface area (Å²) >= 11 is 0. The van der Waals surface area contributed by atoms with Crippen molar-refractivity contribution >= 4 is 0 Å². The van der Waals surface area contributed by atoms with Crippen molar-refractivity contribution in [1.82, 2.24) is 0 Å². The molecule has 3 heterocycles. The summed E-state index contributed by atoms with van der Waals surface area (Å²) in [5.74, 6) is -4.34. The summed E-state index contributed by atoms with van der Waals surface area (Å²) in [6.07, 6.45) is 4.50. The van der Waals surface area contributed by atoms with E-state index in [9.17, 15) is 0 Å². The molecule has 0 aromatic rings. The monoisotopic (exact) mass is 476 g/mol. The Morgan fingerprint density at radius 3 is 2.42 bits per heavy atom. The zero-order valence-electron chi connectivity index (χ0n) is 20.2. The van der Waals surface area contributed by atoms with E-state index in [1.54, 1.807) is 14.2 Å². The SMILES string of the molecule is CCOC1(OC)COC(OCC2CCCO2)(OC2CCOC2)C1(OCCOC)OCC1CC1. The number of methoxy groups -OCH3 is 2. The fourth-order valence-electron chi connectivity index (χ4n) is 4.55. The normalized spacial score (nSPS) is 39.0. The molecular formula is C23H40O10. The molecule has 33 heavy (non-hydrogen) atoms. The Labute approximate surface area is 196 Å². The average Bonchev–Trinajstić information content (AvgIpc) is 3.19. The smallest absolute Gasteiger partial charge is 0.347 e. The summed E-state index contributed by atoms with van der Waals surface area (Å²) in [7, 11) is 3.18. The molecule has 0 N–H and O–H groups in total. The van der Waals surface area contributed by atoms with Crippen LogP contribution in [0.3, 0.4) is 0 Å².